The van der Waals surface area contributed by atoms with Crippen molar-refractivity contribution in [3.8, 4) is 0 Å². The molecule has 1 rings (SSSR count). The maximum Gasteiger partial charge on any atom is 0.325 e. The molecule has 1 heterocycles. The molecule has 1 aliphatic heterocycles. The van der Waals surface area contributed by atoms with Crippen LogP contribution in [0.25, 0.3) is 0 Å². The van der Waals surface area contributed by atoms with E-state index in [0.29, 0.717) is 5.71 Å². The number of nitrogens with one attached hydrogen (secondary N) is 2. The van der Waals surface area contributed by atoms with Gasteiger partial charge in [-0.1, -0.05) is 17.2 Å². The van der Waals surface area contributed by atoms with Crippen LogP contribution in [0, 0.1) is 15.5 Å². The Hall–Kier alpha value is -1.97. The lowest BCUT2D eigenvalue weighted by atomic mass is 10.3. The highest BCUT2D eigenvalue weighted by atomic mass is 32.2. The Morgan fingerprint density at radius 3 is 3.00 bits per heavy atom. The smallest absolute Gasteiger partial charge is 0.325 e. The molecule has 0 saturated carbocycles. The van der Waals surface area contributed by atoms with E-state index in [4.69, 9.17) is 10.1 Å². The molecule has 9 nitrogen and oxygen atoms in total. The molecule has 98 valence electrons. The number of hydrogen-bond acceptors (Lipinski definition) is 6. The van der Waals surface area contributed by atoms with Gasteiger partial charge in [-0.3, -0.25) is 10.2 Å². The molecule has 0 fully saturated rings. The summed E-state index contributed by atoms with van der Waals surface area (Å²) in [5.74, 6) is -1.09. The number of carbonyl (C=O) groups is 1. The first-order valence-corrected chi connectivity index (χ1v) is 5.78. The largest absolute Gasteiger partial charge is 0.465 e. The molecule has 0 spiro atoms. The highest BCUT2D eigenvalue weighted by molar-refractivity contribution is 8.16. The monoisotopic (exact) mass is 273 g/mol. The summed E-state index contributed by atoms with van der Waals surface area (Å²) in [4.78, 5) is 29.1. The minimum Gasteiger partial charge on any atom is -0.465 e. The summed E-state index contributed by atoms with van der Waals surface area (Å²) < 4.78 is 4.84. The zero-order chi connectivity index (χ0) is 13.7. The lowest BCUT2D eigenvalue weighted by Crippen LogP contribution is -2.27. The minimum absolute atomic E-state index is 0.116. The molecule has 0 radical (unpaired) electrons. The van der Waals surface area contributed by atoms with Crippen molar-refractivity contribution >= 4 is 34.6 Å². The molecule has 2 N–H and O–H groups in total. The van der Waals surface area contributed by atoms with E-state index in [1.807, 2.05) is 0 Å². The number of hydrazine groups is 1. The first-order chi connectivity index (χ1) is 8.43. The standard InChI is InChI=1S/C8H11N5O4S/c1-3-17-6(14)5-4(2)10-8(18-5)11-7(9)12-13(15)16/h5H,3H2,1-2H3,(H2,9,12)/t5-/m0/s1. The first kappa shape index (κ1) is 14.1. The molecule has 0 amide bonds. The summed E-state index contributed by atoms with van der Waals surface area (Å²) in [6.07, 6.45) is 0. The molecule has 1 atom stereocenters. The number of nitrogens with zero attached hydrogens (tertiary/aromatic N) is 3. The Balaban J connectivity index is 2.69. The Morgan fingerprint density at radius 1 is 1.78 bits per heavy atom. The van der Waals surface area contributed by atoms with Gasteiger partial charge in [0, 0.05) is 5.71 Å². The fourth-order valence-corrected chi connectivity index (χ4v) is 2.06. The molecule has 0 aromatic rings. The van der Waals surface area contributed by atoms with Gasteiger partial charge in [-0.15, -0.1) is 0 Å². The number of amidine groups is 1. The van der Waals surface area contributed by atoms with Gasteiger partial charge in [-0.05, 0) is 13.8 Å². The van der Waals surface area contributed by atoms with Gasteiger partial charge in [-0.2, -0.15) is 4.99 Å². The van der Waals surface area contributed by atoms with Gasteiger partial charge in [0.25, 0.3) is 5.96 Å². The SMILES string of the molecule is CCOC(=O)[C@H]1SC(=NC(=N)N[N+](=O)[O-])N=C1C. The maximum absolute atomic E-state index is 11.5. The van der Waals surface area contributed by atoms with Crippen LogP contribution in [0.5, 0.6) is 0 Å². The van der Waals surface area contributed by atoms with Crippen molar-refractivity contribution in [3.63, 3.8) is 0 Å². The van der Waals surface area contributed by atoms with E-state index in [9.17, 15) is 14.9 Å². The van der Waals surface area contributed by atoms with Crippen LogP contribution in [0.3, 0.4) is 0 Å². The van der Waals surface area contributed by atoms with E-state index in [0.717, 1.165) is 11.8 Å². The number of rotatable bonds is 3. The van der Waals surface area contributed by atoms with E-state index in [-0.39, 0.29) is 11.8 Å². The number of nitro groups is 1. The lowest BCUT2D eigenvalue weighted by molar-refractivity contribution is -0.525. The molecule has 18 heavy (non-hydrogen) atoms. The normalized spacial score (nSPS) is 20.4. The summed E-state index contributed by atoms with van der Waals surface area (Å²) >= 11 is 0.991. The van der Waals surface area contributed by atoms with Crippen LogP contribution in [0.4, 0.5) is 0 Å². The first-order valence-electron chi connectivity index (χ1n) is 4.90. The Labute approximate surface area is 106 Å². The van der Waals surface area contributed by atoms with Crippen molar-refractivity contribution in [2.75, 3.05) is 6.61 Å². The van der Waals surface area contributed by atoms with Crippen LogP contribution in [-0.4, -0.2) is 39.7 Å². The average molecular weight is 273 g/mol. The fourth-order valence-electron chi connectivity index (χ4n) is 1.12. The van der Waals surface area contributed by atoms with Gasteiger partial charge in [0.15, 0.2) is 10.2 Å². The zero-order valence-corrected chi connectivity index (χ0v) is 10.5. The topological polar surface area (TPSA) is 130 Å². The quantitative estimate of drug-likeness (QED) is 0.248. The molecule has 0 aliphatic carbocycles. The van der Waals surface area contributed by atoms with Crippen molar-refractivity contribution < 1.29 is 14.6 Å². The van der Waals surface area contributed by atoms with Crippen molar-refractivity contribution in [2.45, 2.75) is 19.1 Å². The predicted molar refractivity (Wildman–Crippen MR) is 66.4 cm³/mol. The van der Waals surface area contributed by atoms with E-state index >= 15 is 0 Å². The third-order valence-corrected chi connectivity index (χ3v) is 2.94. The molecule has 0 unspecified atom stereocenters. The second-order valence-electron chi connectivity index (χ2n) is 3.12. The predicted octanol–water partition coefficient (Wildman–Crippen LogP) is 0.198. The van der Waals surface area contributed by atoms with Gasteiger partial charge in [0.1, 0.15) is 5.25 Å². The summed E-state index contributed by atoms with van der Waals surface area (Å²) in [6.45, 7) is 3.58. The molecular weight excluding hydrogens is 262 g/mol. The molecule has 10 heteroatoms. The number of esters is 1. The van der Waals surface area contributed by atoms with E-state index in [1.165, 1.54) is 0 Å². The number of aliphatic imine (C=N–C) groups is 2. The molecule has 1 aliphatic rings. The van der Waals surface area contributed by atoms with Crippen LogP contribution in [-0.2, 0) is 9.53 Å². The summed E-state index contributed by atoms with van der Waals surface area (Å²) in [6, 6.07) is 0. The summed E-state index contributed by atoms with van der Waals surface area (Å²) in [7, 11) is 0. The molecule has 0 saturated heterocycles. The third kappa shape index (κ3) is 3.80. The van der Waals surface area contributed by atoms with Gasteiger partial charge < -0.3 is 4.74 Å². The Bertz CT molecular complexity index is 447. The van der Waals surface area contributed by atoms with Crippen LogP contribution in [0.1, 0.15) is 13.8 Å². The van der Waals surface area contributed by atoms with Crippen molar-refractivity contribution in [3.05, 3.63) is 10.1 Å². The zero-order valence-electron chi connectivity index (χ0n) is 9.67. The number of ether oxygens (including phenoxy) is 1. The number of carbonyl (C=O) groups excluding carboxylic acids is 1. The van der Waals surface area contributed by atoms with Gasteiger partial charge >= 0.3 is 5.97 Å². The summed E-state index contributed by atoms with van der Waals surface area (Å²) in [5.41, 5.74) is 2.06. The molecular formula is C8H11N5O4S. The van der Waals surface area contributed by atoms with E-state index in [1.54, 1.807) is 19.3 Å². The van der Waals surface area contributed by atoms with Crippen molar-refractivity contribution in [1.29, 1.82) is 5.41 Å². The lowest BCUT2D eigenvalue weighted by Gasteiger charge is -2.06. The van der Waals surface area contributed by atoms with Gasteiger partial charge in [0.2, 0.25) is 0 Å². The average Bonchev–Trinajstić information content (AvgIpc) is 2.58. The van der Waals surface area contributed by atoms with Crippen LogP contribution >= 0.6 is 11.8 Å². The highest BCUT2D eigenvalue weighted by Gasteiger charge is 2.31. The third-order valence-electron chi connectivity index (χ3n) is 1.78. The van der Waals surface area contributed by atoms with Gasteiger partial charge in [0.05, 0.1) is 6.61 Å². The second-order valence-corrected chi connectivity index (χ2v) is 4.19. The molecule has 0 bridgehead atoms. The fraction of sp³-hybridized carbons (Fsp3) is 0.500. The second kappa shape index (κ2) is 6.10. The molecule has 0 aromatic heterocycles. The summed E-state index contributed by atoms with van der Waals surface area (Å²) in [5, 5.41) is 15.9. The minimum atomic E-state index is -0.897. The van der Waals surface area contributed by atoms with Crippen molar-refractivity contribution in [2.24, 2.45) is 9.98 Å². The van der Waals surface area contributed by atoms with Crippen LogP contribution in [0.15, 0.2) is 9.98 Å². The van der Waals surface area contributed by atoms with Crippen LogP contribution < -0.4 is 5.43 Å². The number of thioether (sulfide) groups is 1. The van der Waals surface area contributed by atoms with Crippen molar-refractivity contribution in [1.82, 2.24) is 5.43 Å². The highest BCUT2D eigenvalue weighted by Crippen LogP contribution is 2.24. The number of guanidine groups is 1. The van der Waals surface area contributed by atoms with Gasteiger partial charge in [-0.25, -0.2) is 15.1 Å². The van der Waals surface area contributed by atoms with Crippen LogP contribution in [0.2, 0.25) is 0 Å². The van der Waals surface area contributed by atoms with E-state index in [2.05, 4.69) is 9.98 Å². The Morgan fingerprint density at radius 2 is 2.44 bits per heavy atom. The molecule has 0 aromatic carbocycles. The Kier molecular flexibility index (Phi) is 4.77. The van der Waals surface area contributed by atoms with E-state index < -0.39 is 22.2 Å². The number of hydrogen-bond donors (Lipinski definition) is 2. The maximum atomic E-state index is 11.5.